The van der Waals surface area contributed by atoms with Crippen molar-refractivity contribution in [2.45, 2.75) is 23.4 Å². The number of likely N-dealkylation sites (tertiary alicyclic amines) is 1. The number of benzene rings is 2. The summed E-state index contributed by atoms with van der Waals surface area (Å²) < 4.78 is 116. The molecule has 0 radical (unpaired) electrons. The minimum atomic E-state index is -4.72. The van der Waals surface area contributed by atoms with Crippen LogP contribution in [0.3, 0.4) is 0 Å². The lowest BCUT2D eigenvalue weighted by Crippen LogP contribution is -2.56. The molecule has 35 heavy (non-hydrogen) atoms. The van der Waals surface area contributed by atoms with E-state index >= 15 is 0 Å². The predicted molar refractivity (Wildman–Crippen MR) is 109 cm³/mol. The highest BCUT2D eigenvalue weighted by Gasteiger charge is 2.38. The van der Waals surface area contributed by atoms with Gasteiger partial charge in [-0.05, 0) is 36.4 Å². The smallest absolute Gasteiger partial charge is 0.422 e. The third kappa shape index (κ3) is 6.29. The predicted octanol–water partition coefficient (Wildman–Crippen LogP) is 3.96. The Balaban J connectivity index is 1.80. The SMILES string of the molecule is COc1c(S(C)(=O)=O)ccc(OCC(F)(F)F)c1C(=O)N1CC(Oc2ccc(C(F)(F)F)cc2)C1. The second-order valence-corrected chi connectivity index (χ2v) is 9.60. The zero-order chi connectivity index (χ0) is 26.2. The molecular weight excluding hydrogens is 508 g/mol. The lowest BCUT2D eigenvalue weighted by molar-refractivity contribution is -0.153. The Morgan fingerprint density at radius 2 is 1.63 bits per heavy atom. The van der Waals surface area contributed by atoms with Crippen LogP contribution in [0, 0.1) is 0 Å². The topological polar surface area (TPSA) is 82.1 Å². The molecule has 0 unspecified atom stereocenters. The molecule has 3 rings (SSSR count). The molecule has 2 aromatic rings. The second kappa shape index (κ2) is 9.47. The van der Waals surface area contributed by atoms with Crippen molar-refractivity contribution in [2.24, 2.45) is 0 Å². The standard InChI is InChI=1S/C21H19F6NO6S/c1-32-18-16(35(2,30)31)8-7-15(33-11-20(22,23)24)17(18)19(29)28-9-14(10-28)34-13-5-3-12(4-6-13)21(25,26)27/h3-8,14H,9-11H2,1-2H3. The summed E-state index contributed by atoms with van der Waals surface area (Å²) >= 11 is 0. The zero-order valence-electron chi connectivity index (χ0n) is 18.2. The summed E-state index contributed by atoms with van der Waals surface area (Å²) in [4.78, 5) is 13.8. The third-order valence-corrected chi connectivity index (χ3v) is 6.03. The fourth-order valence-corrected chi connectivity index (χ4v) is 4.11. The highest BCUT2D eigenvalue weighted by molar-refractivity contribution is 7.90. The first-order valence-corrected chi connectivity index (χ1v) is 11.7. The van der Waals surface area contributed by atoms with Crippen LogP contribution in [0.4, 0.5) is 26.3 Å². The van der Waals surface area contributed by atoms with Gasteiger partial charge in [0.25, 0.3) is 5.91 Å². The van der Waals surface area contributed by atoms with E-state index in [4.69, 9.17) is 14.2 Å². The minimum absolute atomic E-state index is 0.0647. The van der Waals surface area contributed by atoms with Gasteiger partial charge in [-0.1, -0.05) is 0 Å². The summed E-state index contributed by atoms with van der Waals surface area (Å²) in [5.41, 5.74) is -1.37. The van der Waals surface area contributed by atoms with Crippen LogP contribution in [-0.4, -0.2) is 64.6 Å². The molecule has 7 nitrogen and oxygen atoms in total. The van der Waals surface area contributed by atoms with E-state index < -0.39 is 68.3 Å². The van der Waals surface area contributed by atoms with Crippen molar-refractivity contribution in [3.05, 3.63) is 47.5 Å². The maximum Gasteiger partial charge on any atom is 0.422 e. The van der Waals surface area contributed by atoms with Gasteiger partial charge in [-0.2, -0.15) is 26.3 Å². The van der Waals surface area contributed by atoms with Gasteiger partial charge < -0.3 is 19.1 Å². The average molecular weight is 527 g/mol. The molecule has 0 aliphatic carbocycles. The molecule has 1 amide bonds. The summed E-state index contributed by atoms with van der Waals surface area (Å²) in [6.45, 7) is -1.86. The molecule has 0 bridgehead atoms. The number of ether oxygens (including phenoxy) is 3. The van der Waals surface area contributed by atoms with E-state index in [9.17, 15) is 39.6 Å². The number of carbonyl (C=O) groups is 1. The lowest BCUT2D eigenvalue weighted by Gasteiger charge is -2.39. The molecule has 0 saturated carbocycles. The van der Waals surface area contributed by atoms with E-state index in [-0.39, 0.29) is 18.8 Å². The normalized spacial score (nSPS) is 14.9. The molecule has 1 aliphatic rings. The molecule has 0 aromatic heterocycles. The van der Waals surface area contributed by atoms with Gasteiger partial charge in [0.15, 0.2) is 22.2 Å². The Morgan fingerprint density at radius 1 is 1.03 bits per heavy atom. The van der Waals surface area contributed by atoms with Gasteiger partial charge in [0.05, 0.1) is 25.8 Å². The molecule has 1 saturated heterocycles. The molecule has 1 heterocycles. The number of sulfone groups is 1. The molecule has 1 fully saturated rings. The van der Waals surface area contributed by atoms with Crippen LogP contribution in [0.2, 0.25) is 0 Å². The van der Waals surface area contributed by atoms with Crippen molar-refractivity contribution in [2.75, 3.05) is 33.1 Å². The maximum atomic E-state index is 13.1. The number of hydrogen-bond donors (Lipinski definition) is 0. The zero-order valence-corrected chi connectivity index (χ0v) is 19.1. The third-order valence-electron chi connectivity index (χ3n) is 4.91. The number of hydrogen-bond acceptors (Lipinski definition) is 6. The first kappa shape index (κ1) is 26.4. The fourth-order valence-electron chi connectivity index (χ4n) is 3.27. The van der Waals surface area contributed by atoms with Crippen LogP contribution < -0.4 is 14.2 Å². The van der Waals surface area contributed by atoms with E-state index in [2.05, 4.69) is 0 Å². The van der Waals surface area contributed by atoms with E-state index in [1.807, 2.05) is 0 Å². The second-order valence-electron chi connectivity index (χ2n) is 7.62. The molecule has 192 valence electrons. The van der Waals surface area contributed by atoms with Gasteiger partial charge in [-0.15, -0.1) is 0 Å². The van der Waals surface area contributed by atoms with E-state index in [0.29, 0.717) is 0 Å². The summed E-state index contributed by atoms with van der Waals surface area (Å²) in [7, 11) is -2.86. The first-order valence-electron chi connectivity index (χ1n) is 9.84. The Morgan fingerprint density at radius 3 is 2.11 bits per heavy atom. The van der Waals surface area contributed by atoms with Crippen molar-refractivity contribution >= 4 is 15.7 Å². The Hall–Kier alpha value is -3.16. The number of nitrogens with zero attached hydrogens (tertiary/aromatic N) is 1. The molecule has 0 N–H and O–H groups in total. The molecule has 1 aliphatic heterocycles. The summed E-state index contributed by atoms with van der Waals surface area (Å²) in [5.74, 6) is -1.73. The number of carbonyl (C=O) groups excluding carboxylic acids is 1. The van der Waals surface area contributed by atoms with Crippen LogP contribution >= 0.6 is 0 Å². The summed E-state index contributed by atoms with van der Waals surface area (Å²) in [6, 6.07) is 5.83. The van der Waals surface area contributed by atoms with Crippen LogP contribution in [0.15, 0.2) is 41.3 Å². The van der Waals surface area contributed by atoms with Crippen LogP contribution in [-0.2, 0) is 16.0 Å². The number of rotatable bonds is 7. The number of alkyl halides is 6. The van der Waals surface area contributed by atoms with Crippen LogP contribution in [0.1, 0.15) is 15.9 Å². The molecule has 0 spiro atoms. The highest BCUT2D eigenvalue weighted by Crippen LogP contribution is 2.38. The Bertz CT molecular complexity index is 1190. The van der Waals surface area contributed by atoms with Crippen molar-refractivity contribution < 1.29 is 53.8 Å². The fraction of sp³-hybridized carbons (Fsp3) is 0.381. The molecule has 14 heteroatoms. The minimum Gasteiger partial charge on any atom is -0.494 e. The van der Waals surface area contributed by atoms with Gasteiger partial charge in [-0.3, -0.25) is 4.79 Å². The first-order chi connectivity index (χ1) is 16.1. The van der Waals surface area contributed by atoms with Gasteiger partial charge in [0.2, 0.25) is 0 Å². The van der Waals surface area contributed by atoms with E-state index in [0.717, 1.165) is 54.7 Å². The van der Waals surface area contributed by atoms with Gasteiger partial charge in [-0.25, -0.2) is 8.42 Å². The quantitative estimate of drug-likeness (QED) is 0.507. The maximum absolute atomic E-state index is 13.1. The average Bonchev–Trinajstić information content (AvgIpc) is 2.71. The number of amides is 1. The van der Waals surface area contributed by atoms with Crippen LogP contribution in [0.5, 0.6) is 17.2 Å². The highest BCUT2D eigenvalue weighted by atomic mass is 32.2. The molecular formula is C21H19F6NO6S. The van der Waals surface area contributed by atoms with Gasteiger partial charge in [0, 0.05) is 6.26 Å². The van der Waals surface area contributed by atoms with E-state index in [1.54, 1.807) is 0 Å². The largest absolute Gasteiger partial charge is 0.494 e. The van der Waals surface area contributed by atoms with Gasteiger partial charge in [0.1, 0.15) is 28.1 Å². The van der Waals surface area contributed by atoms with Crippen molar-refractivity contribution in [1.82, 2.24) is 4.90 Å². The van der Waals surface area contributed by atoms with Crippen molar-refractivity contribution in [3.8, 4) is 17.2 Å². The van der Waals surface area contributed by atoms with Gasteiger partial charge >= 0.3 is 12.4 Å². The van der Waals surface area contributed by atoms with Crippen LogP contribution in [0.25, 0.3) is 0 Å². The van der Waals surface area contributed by atoms with Crippen molar-refractivity contribution in [3.63, 3.8) is 0 Å². The summed E-state index contributed by atoms with van der Waals surface area (Å²) in [5, 5.41) is 0. The molecule has 2 aromatic carbocycles. The number of halogens is 6. The summed E-state index contributed by atoms with van der Waals surface area (Å²) in [6.07, 6.45) is -9.00. The Kier molecular flexibility index (Phi) is 7.16. The van der Waals surface area contributed by atoms with E-state index in [1.165, 1.54) is 0 Å². The van der Waals surface area contributed by atoms with Crippen molar-refractivity contribution in [1.29, 1.82) is 0 Å². The Labute approximate surface area is 196 Å². The number of methoxy groups -OCH3 is 1. The molecule has 0 atom stereocenters. The lowest BCUT2D eigenvalue weighted by atomic mass is 10.1. The monoisotopic (exact) mass is 527 g/mol.